The smallest absolute Gasteiger partial charge is 0.162 e. The standard InChI is InChI=1S/C12H14F2O2/c1-7-3-4-10(12(14)11(7)13)9-5-15-8(2)16-6-9/h3-4,8-9H,5-6H2,1-2H3. The van der Waals surface area contributed by atoms with E-state index < -0.39 is 11.6 Å². The fraction of sp³-hybridized carbons (Fsp3) is 0.500. The Morgan fingerprint density at radius 3 is 2.38 bits per heavy atom. The SMILES string of the molecule is Cc1ccc(C2COC(C)OC2)c(F)c1F. The van der Waals surface area contributed by atoms with E-state index >= 15 is 0 Å². The summed E-state index contributed by atoms with van der Waals surface area (Å²) in [6.07, 6.45) is -0.269. The van der Waals surface area contributed by atoms with Crippen LogP contribution < -0.4 is 0 Å². The van der Waals surface area contributed by atoms with E-state index in [0.717, 1.165) is 0 Å². The first-order valence-electron chi connectivity index (χ1n) is 5.27. The molecular weight excluding hydrogens is 214 g/mol. The highest BCUT2D eigenvalue weighted by Crippen LogP contribution is 2.26. The van der Waals surface area contributed by atoms with Crippen molar-refractivity contribution in [3.63, 3.8) is 0 Å². The molecule has 0 saturated carbocycles. The van der Waals surface area contributed by atoms with E-state index in [1.165, 1.54) is 6.92 Å². The number of rotatable bonds is 1. The maximum atomic E-state index is 13.7. The molecule has 88 valence electrons. The molecule has 0 unspecified atom stereocenters. The van der Waals surface area contributed by atoms with Gasteiger partial charge in [0, 0.05) is 5.92 Å². The van der Waals surface area contributed by atoms with Gasteiger partial charge in [0.15, 0.2) is 17.9 Å². The summed E-state index contributed by atoms with van der Waals surface area (Å²) in [6.45, 7) is 4.04. The first-order chi connectivity index (χ1) is 7.59. The van der Waals surface area contributed by atoms with Gasteiger partial charge in [-0.05, 0) is 25.0 Å². The molecule has 0 atom stereocenters. The molecular formula is C12H14F2O2. The van der Waals surface area contributed by atoms with Crippen LogP contribution in [0.3, 0.4) is 0 Å². The van der Waals surface area contributed by atoms with Crippen molar-refractivity contribution in [1.29, 1.82) is 0 Å². The van der Waals surface area contributed by atoms with Crippen LogP contribution in [0.2, 0.25) is 0 Å². The van der Waals surface area contributed by atoms with E-state index in [1.54, 1.807) is 19.1 Å². The van der Waals surface area contributed by atoms with Crippen LogP contribution in [0.1, 0.15) is 24.0 Å². The van der Waals surface area contributed by atoms with Crippen LogP contribution in [-0.2, 0) is 9.47 Å². The summed E-state index contributed by atoms with van der Waals surface area (Å²) in [5, 5.41) is 0. The molecule has 1 aromatic carbocycles. The molecule has 1 fully saturated rings. The maximum Gasteiger partial charge on any atom is 0.162 e. The Hall–Kier alpha value is -1.00. The molecule has 0 aromatic heterocycles. The maximum absolute atomic E-state index is 13.7. The molecule has 0 aliphatic carbocycles. The summed E-state index contributed by atoms with van der Waals surface area (Å²) in [5.41, 5.74) is 0.641. The van der Waals surface area contributed by atoms with Gasteiger partial charge in [-0.1, -0.05) is 12.1 Å². The van der Waals surface area contributed by atoms with Gasteiger partial charge in [0.05, 0.1) is 13.2 Å². The number of benzene rings is 1. The third-order valence-corrected chi connectivity index (χ3v) is 2.81. The molecule has 1 heterocycles. The Labute approximate surface area is 93.2 Å². The summed E-state index contributed by atoms with van der Waals surface area (Å²) in [7, 11) is 0. The van der Waals surface area contributed by atoms with Crippen LogP contribution in [0, 0.1) is 18.6 Å². The van der Waals surface area contributed by atoms with Crippen LogP contribution in [-0.4, -0.2) is 19.5 Å². The van der Waals surface area contributed by atoms with Gasteiger partial charge in [0.1, 0.15) is 0 Å². The van der Waals surface area contributed by atoms with Gasteiger partial charge in [-0.2, -0.15) is 0 Å². The summed E-state index contributed by atoms with van der Waals surface area (Å²) in [6, 6.07) is 3.17. The highest BCUT2D eigenvalue weighted by atomic mass is 19.2. The predicted molar refractivity (Wildman–Crippen MR) is 55.2 cm³/mol. The third kappa shape index (κ3) is 2.08. The molecule has 1 saturated heterocycles. The Bertz CT molecular complexity index is 385. The van der Waals surface area contributed by atoms with Crippen LogP contribution in [0.5, 0.6) is 0 Å². The van der Waals surface area contributed by atoms with Gasteiger partial charge in [-0.25, -0.2) is 8.78 Å². The molecule has 0 N–H and O–H groups in total. The lowest BCUT2D eigenvalue weighted by atomic mass is 9.98. The zero-order valence-electron chi connectivity index (χ0n) is 9.30. The van der Waals surface area contributed by atoms with E-state index in [-0.39, 0.29) is 12.2 Å². The Kier molecular flexibility index (Phi) is 3.21. The lowest BCUT2D eigenvalue weighted by Crippen LogP contribution is -2.29. The zero-order valence-corrected chi connectivity index (χ0v) is 9.30. The first kappa shape index (κ1) is 11.5. The fourth-order valence-corrected chi connectivity index (χ4v) is 1.76. The monoisotopic (exact) mass is 228 g/mol. The van der Waals surface area contributed by atoms with Crippen molar-refractivity contribution in [1.82, 2.24) is 0 Å². The minimum absolute atomic E-state index is 0.230. The summed E-state index contributed by atoms with van der Waals surface area (Å²) in [5.74, 6) is -1.80. The highest BCUT2D eigenvalue weighted by Gasteiger charge is 2.25. The van der Waals surface area contributed by atoms with Crippen LogP contribution in [0.25, 0.3) is 0 Å². The third-order valence-electron chi connectivity index (χ3n) is 2.81. The lowest BCUT2D eigenvalue weighted by Gasteiger charge is -2.27. The molecule has 1 aliphatic rings. The van der Waals surface area contributed by atoms with Crippen molar-refractivity contribution < 1.29 is 18.3 Å². The molecule has 2 rings (SSSR count). The number of halogens is 2. The second-order valence-corrected chi connectivity index (χ2v) is 4.03. The second kappa shape index (κ2) is 4.47. The van der Waals surface area contributed by atoms with Crippen molar-refractivity contribution >= 4 is 0 Å². The van der Waals surface area contributed by atoms with Crippen molar-refractivity contribution in [2.75, 3.05) is 13.2 Å². The van der Waals surface area contributed by atoms with Gasteiger partial charge in [0.25, 0.3) is 0 Å². The summed E-state index contributed by atoms with van der Waals surface area (Å²) in [4.78, 5) is 0. The minimum atomic E-state index is -0.785. The van der Waals surface area contributed by atoms with Crippen LogP contribution in [0.4, 0.5) is 8.78 Å². The van der Waals surface area contributed by atoms with Gasteiger partial charge in [0.2, 0.25) is 0 Å². The molecule has 0 radical (unpaired) electrons. The number of aryl methyl sites for hydroxylation is 1. The van der Waals surface area contributed by atoms with Gasteiger partial charge < -0.3 is 9.47 Å². The quantitative estimate of drug-likeness (QED) is 0.735. The van der Waals surface area contributed by atoms with Crippen LogP contribution in [0.15, 0.2) is 12.1 Å². The number of hydrogen-bond acceptors (Lipinski definition) is 2. The largest absolute Gasteiger partial charge is 0.352 e. The van der Waals surface area contributed by atoms with Crippen molar-refractivity contribution in [2.45, 2.75) is 26.1 Å². The van der Waals surface area contributed by atoms with Gasteiger partial charge in [-0.3, -0.25) is 0 Å². The topological polar surface area (TPSA) is 18.5 Å². The normalized spacial score (nSPS) is 25.8. The first-order valence-corrected chi connectivity index (χ1v) is 5.27. The predicted octanol–water partition coefficient (Wildman–Crippen LogP) is 2.75. The molecule has 0 bridgehead atoms. The Morgan fingerprint density at radius 2 is 1.75 bits per heavy atom. The molecule has 0 spiro atoms. The fourth-order valence-electron chi connectivity index (χ4n) is 1.76. The molecule has 1 aliphatic heterocycles. The second-order valence-electron chi connectivity index (χ2n) is 4.03. The average Bonchev–Trinajstić information content (AvgIpc) is 2.28. The highest BCUT2D eigenvalue weighted by molar-refractivity contribution is 5.28. The van der Waals surface area contributed by atoms with Crippen molar-refractivity contribution in [3.8, 4) is 0 Å². The zero-order chi connectivity index (χ0) is 11.7. The van der Waals surface area contributed by atoms with E-state index in [2.05, 4.69) is 0 Å². The van der Waals surface area contributed by atoms with E-state index in [0.29, 0.717) is 24.3 Å². The van der Waals surface area contributed by atoms with Gasteiger partial charge in [-0.15, -0.1) is 0 Å². The average molecular weight is 228 g/mol. The molecule has 16 heavy (non-hydrogen) atoms. The Morgan fingerprint density at radius 1 is 1.12 bits per heavy atom. The minimum Gasteiger partial charge on any atom is -0.352 e. The van der Waals surface area contributed by atoms with Gasteiger partial charge >= 0.3 is 0 Å². The summed E-state index contributed by atoms with van der Waals surface area (Å²) < 4.78 is 37.5. The number of hydrogen-bond donors (Lipinski definition) is 0. The summed E-state index contributed by atoms with van der Waals surface area (Å²) >= 11 is 0. The lowest BCUT2D eigenvalue weighted by molar-refractivity contribution is -0.176. The van der Waals surface area contributed by atoms with E-state index in [4.69, 9.17) is 9.47 Å². The molecule has 4 heteroatoms. The molecule has 1 aromatic rings. The van der Waals surface area contributed by atoms with Crippen molar-refractivity contribution in [2.24, 2.45) is 0 Å². The molecule has 0 amide bonds. The van der Waals surface area contributed by atoms with Crippen LogP contribution >= 0.6 is 0 Å². The van der Waals surface area contributed by atoms with E-state index in [1.807, 2.05) is 0 Å². The Balaban J connectivity index is 2.24. The number of ether oxygens (including phenoxy) is 2. The van der Waals surface area contributed by atoms with E-state index in [9.17, 15) is 8.78 Å². The molecule has 2 nitrogen and oxygen atoms in total. The van der Waals surface area contributed by atoms with Crippen molar-refractivity contribution in [3.05, 3.63) is 34.9 Å².